The van der Waals surface area contributed by atoms with Crippen LogP contribution in [0.15, 0.2) is 40.8 Å². The Morgan fingerprint density at radius 3 is 2.89 bits per heavy atom. The topological polar surface area (TPSA) is 99.5 Å². The number of nitrogens with one attached hydrogen (secondary N) is 1. The van der Waals surface area contributed by atoms with Crippen molar-refractivity contribution in [2.75, 3.05) is 19.0 Å². The van der Waals surface area contributed by atoms with Gasteiger partial charge in [0.1, 0.15) is 10.6 Å². The number of rotatable bonds is 7. The highest BCUT2D eigenvalue weighted by Gasteiger charge is 2.12. The van der Waals surface area contributed by atoms with Crippen LogP contribution in [0.25, 0.3) is 10.2 Å². The Morgan fingerprint density at radius 1 is 1.29 bits per heavy atom. The molecule has 0 radical (unpaired) electrons. The molecule has 0 bridgehead atoms. The van der Waals surface area contributed by atoms with Crippen LogP contribution in [0.5, 0.6) is 5.75 Å². The van der Waals surface area contributed by atoms with Crippen molar-refractivity contribution >= 4 is 39.1 Å². The summed E-state index contributed by atoms with van der Waals surface area (Å²) in [5.41, 5.74) is 1.25. The molecule has 0 aliphatic carbocycles. The zero-order valence-corrected chi connectivity index (χ0v) is 16.2. The van der Waals surface area contributed by atoms with E-state index in [2.05, 4.69) is 10.3 Å². The molecule has 2 heterocycles. The molecule has 0 atom stereocenters. The first kappa shape index (κ1) is 19.6. The number of benzene rings is 1. The number of carbonyl (C=O) groups excluding carboxylic acids is 2. The lowest BCUT2D eigenvalue weighted by Gasteiger charge is -2.11. The SMILES string of the molecule is COc1ccc(C)cc1NC(=O)COC(=O)CCn1cnc2sccc2c1=O. The monoisotopic (exact) mass is 401 g/mol. The summed E-state index contributed by atoms with van der Waals surface area (Å²) in [6, 6.07) is 7.07. The number of aromatic nitrogens is 2. The number of nitrogens with zero attached hydrogens (tertiary/aromatic N) is 2. The van der Waals surface area contributed by atoms with E-state index in [1.54, 1.807) is 23.6 Å². The Kier molecular flexibility index (Phi) is 6.05. The third kappa shape index (κ3) is 4.55. The van der Waals surface area contributed by atoms with E-state index in [0.717, 1.165) is 5.56 Å². The van der Waals surface area contributed by atoms with Gasteiger partial charge in [-0.05, 0) is 36.1 Å². The fraction of sp³-hybridized carbons (Fsp3) is 0.263. The minimum absolute atomic E-state index is 0.0434. The van der Waals surface area contributed by atoms with Gasteiger partial charge in [0, 0.05) is 6.54 Å². The van der Waals surface area contributed by atoms with Gasteiger partial charge in [-0.25, -0.2) is 4.98 Å². The third-order valence-corrected chi connectivity index (χ3v) is 4.82. The van der Waals surface area contributed by atoms with Gasteiger partial charge in [0.25, 0.3) is 11.5 Å². The Balaban J connectivity index is 1.51. The largest absolute Gasteiger partial charge is 0.495 e. The van der Waals surface area contributed by atoms with Crippen molar-refractivity contribution in [2.45, 2.75) is 19.9 Å². The Bertz CT molecular complexity index is 1070. The number of thiophene rings is 1. The predicted octanol–water partition coefficient (Wildman–Crippen LogP) is 2.35. The second-order valence-electron chi connectivity index (χ2n) is 6.05. The Morgan fingerprint density at radius 2 is 2.11 bits per heavy atom. The van der Waals surface area contributed by atoms with Gasteiger partial charge in [-0.15, -0.1) is 11.3 Å². The van der Waals surface area contributed by atoms with Crippen LogP contribution in [0.4, 0.5) is 5.69 Å². The van der Waals surface area contributed by atoms with Crippen LogP contribution in [0.1, 0.15) is 12.0 Å². The average molecular weight is 401 g/mol. The first-order valence-corrected chi connectivity index (χ1v) is 9.38. The molecule has 0 unspecified atom stereocenters. The number of fused-ring (bicyclic) bond motifs is 1. The highest BCUT2D eigenvalue weighted by molar-refractivity contribution is 7.16. The number of ether oxygens (including phenoxy) is 2. The molecular weight excluding hydrogens is 382 g/mol. The molecule has 0 aliphatic heterocycles. The van der Waals surface area contributed by atoms with Crippen LogP contribution in [-0.4, -0.2) is 35.1 Å². The molecule has 28 heavy (non-hydrogen) atoms. The zero-order valence-electron chi connectivity index (χ0n) is 15.4. The van der Waals surface area contributed by atoms with Gasteiger partial charge in [-0.1, -0.05) is 6.07 Å². The number of hydrogen-bond acceptors (Lipinski definition) is 7. The number of anilines is 1. The van der Waals surface area contributed by atoms with Gasteiger partial charge in [0.2, 0.25) is 0 Å². The number of hydrogen-bond donors (Lipinski definition) is 1. The van der Waals surface area contributed by atoms with Crippen molar-refractivity contribution in [3.63, 3.8) is 0 Å². The second kappa shape index (κ2) is 8.66. The number of esters is 1. The van der Waals surface area contributed by atoms with Gasteiger partial charge in [0.05, 0.1) is 30.9 Å². The maximum Gasteiger partial charge on any atom is 0.308 e. The maximum atomic E-state index is 12.3. The molecule has 0 fully saturated rings. The zero-order chi connectivity index (χ0) is 20.1. The van der Waals surface area contributed by atoms with Crippen LogP contribution in [0, 0.1) is 6.92 Å². The minimum atomic E-state index is -0.580. The quantitative estimate of drug-likeness (QED) is 0.610. The summed E-state index contributed by atoms with van der Waals surface area (Å²) in [5, 5.41) is 4.96. The first-order valence-electron chi connectivity index (χ1n) is 8.50. The van der Waals surface area contributed by atoms with Crippen molar-refractivity contribution < 1.29 is 19.1 Å². The van der Waals surface area contributed by atoms with E-state index in [0.29, 0.717) is 21.7 Å². The molecule has 1 N–H and O–H groups in total. The molecule has 3 rings (SSSR count). The molecule has 0 saturated heterocycles. The second-order valence-corrected chi connectivity index (χ2v) is 6.94. The molecule has 8 nitrogen and oxygen atoms in total. The molecule has 2 aromatic heterocycles. The first-order chi connectivity index (χ1) is 13.5. The normalized spacial score (nSPS) is 10.6. The van der Waals surface area contributed by atoms with E-state index >= 15 is 0 Å². The highest BCUT2D eigenvalue weighted by atomic mass is 32.1. The van der Waals surface area contributed by atoms with E-state index < -0.39 is 18.5 Å². The van der Waals surface area contributed by atoms with Gasteiger partial charge in [-0.2, -0.15) is 0 Å². The molecule has 1 amide bonds. The smallest absolute Gasteiger partial charge is 0.308 e. The number of aryl methyl sites for hydroxylation is 2. The Hall–Kier alpha value is -3.20. The summed E-state index contributed by atoms with van der Waals surface area (Å²) in [7, 11) is 1.50. The predicted molar refractivity (Wildman–Crippen MR) is 106 cm³/mol. The van der Waals surface area contributed by atoms with E-state index in [-0.39, 0.29) is 18.5 Å². The van der Waals surface area contributed by atoms with Crippen molar-refractivity contribution in [1.29, 1.82) is 0 Å². The van der Waals surface area contributed by atoms with Crippen LogP contribution in [-0.2, 0) is 20.9 Å². The summed E-state index contributed by atoms with van der Waals surface area (Å²) in [5.74, 6) is -0.541. The summed E-state index contributed by atoms with van der Waals surface area (Å²) in [6.45, 7) is 1.59. The van der Waals surface area contributed by atoms with Gasteiger partial charge in [0.15, 0.2) is 6.61 Å². The van der Waals surface area contributed by atoms with Gasteiger partial charge >= 0.3 is 5.97 Å². The summed E-state index contributed by atoms with van der Waals surface area (Å²) < 4.78 is 11.5. The molecule has 1 aromatic carbocycles. The van der Waals surface area contributed by atoms with E-state index in [1.807, 2.05) is 13.0 Å². The fourth-order valence-electron chi connectivity index (χ4n) is 2.59. The third-order valence-electron chi connectivity index (χ3n) is 4.00. The fourth-order valence-corrected chi connectivity index (χ4v) is 3.31. The van der Waals surface area contributed by atoms with Crippen LogP contribution in [0.2, 0.25) is 0 Å². The summed E-state index contributed by atoms with van der Waals surface area (Å²) >= 11 is 1.38. The molecule has 0 saturated carbocycles. The molecule has 0 aliphatic rings. The van der Waals surface area contributed by atoms with Crippen LogP contribution >= 0.6 is 11.3 Å². The summed E-state index contributed by atoms with van der Waals surface area (Å²) in [4.78, 5) is 41.0. The maximum absolute atomic E-state index is 12.3. The standard InChI is InChI=1S/C19H19N3O5S/c1-12-3-4-15(26-2)14(9-12)21-16(23)10-27-17(24)5-7-22-11-20-18-13(19(22)25)6-8-28-18/h3-4,6,8-9,11H,5,7,10H2,1-2H3,(H,21,23). The van der Waals surface area contributed by atoms with E-state index in [4.69, 9.17) is 9.47 Å². The summed E-state index contributed by atoms with van der Waals surface area (Å²) in [6.07, 6.45) is 1.36. The van der Waals surface area contributed by atoms with Crippen LogP contribution < -0.4 is 15.6 Å². The number of amides is 1. The van der Waals surface area contributed by atoms with Crippen LogP contribution in [0.3, 0.4) is 0 Å². The number of carbonyl (C=O) groups is 2. The number of methoxy groups -OCH3 is 1. The molecule has 3 aromatic rings. The Labute approximate surface area is 164 Å². The van der Waals surface area contributed by atoms with Crippen molar-refractivity contribution in [1.82, 2.24) is 9.55 Å². The van der Waals surface area contributed by atoms with Crippen molar-refractivity contribution in [3.05, 3.63) is 51.9 Å². The minimum Gasteiger partial charge on any atom is -0.495 e. The molecular formula is C19H19N3O5S. The van der Waals surface area contributed by atoms with E-state index in [9.17, 15) is 14.4 Å². The van der Waals surface area contributed by atoms with Crippen molar-refractivity contribution in [2.24, 2.45) is 0 Å². The lowest BCUT2D eigenvalue weighted by molar-refractivity contribution is -0.147. The van der Waals surface area contributed by atoms with E-state index in [1.165, 1.54) is 29.3 Å². The average Bonchev–Trinajstić information content (AvgIpc) is 3.16. The van der Waals surface area contributed by atoms with Gasteiger partial charge in [-0.3, -0.25) is 19.0 Å². The lowest BCUT2D eigenvalue weighted by atomic mass is 10.2. The van der Waals surface area contributed by atoms with Crippen molar-refractivity contribution in [3.8, 4) is 5.75 Å². The molecule has 146 valence electrons. The molecule has 9 heteroatoms. The molecule has 0 spiro atoms. The highest BCUT2D eigenvalue weighted by Crippen LogP contribution is 2.25. The lowest BCUT2D eigenvalue weighted by Crippen LogP contribution is -2.24. The van der Waals surface area contributed by atoms with Gasteiger partial charge < -0.3 is 14.8 Å².